The van der Waals surface area contributed by atoms with Crippen molar-refractivity contribution >= 4 is 17.6 Å². The van der Waals surface area contributed by atoms with Gasteiger partial charge in [-0.05, 0) is 23.8 Å². The summed E-state index contributed by atoms with van der Waals surface area (Å²) in [7, 11) is 1.45. The van der Waals surface area contributed by atoms with Crippen LogP contribution in [-0.2, 0) is 4.79 Å². The molecular weight excluding hydrogens is 272 g/mol. The summed E-state index contributed by atoms with van der Waals surface area (Å²) >= 11 is 0. The van der Waals surface area contributed by atoms with Crippen LogP contribution >= 0.6 is 0 Å². The van der Waals surface area contributed by atoms with E-state index in [2.05, 4.69) is 0 Å². The molecule has 0 amide bonds. The minimum atomic E-state index is -0.512. The second kappa shape index (κ2) is 4.86. The molecule has 106 valence electrons. The molecule has 1 aliphatic heterocycles. The summed E-state index contributed by atoms with van der Waals surface area (Å²) in [5, 5.41) is 18.9. The lowest BCUT2D eigenvalue weighted by Gasteiger charge is -2.06. The Morgan fingerprint density at radius 3 is 2.48 bits per heavy atom. The van der Waals surface area contributed by atoms with E-state index in [4.69, 9.17) is 9.47 Å². The number of phenols is 2. The van der Waals surface area contributed by atoms with Gasteiger partial charge >= 0.3 is 5.97 Å². The Morgan fingerprint density at radius 1 is 1.10 bits per heavy atom. The maximum Gasteiger partial charge on any atom is 0.344 e. The van der Waals surface area contributed by atoms with Crippen LogP contribution < -0.4 is 9.47 Å². The van der Waals surface area contributed by atoms with Gasteiger partial charge in [-0.15, -0.1) is 0 Å². The highest BCUT2D eigenvalue weighted by Gasteiger charge is 2.31. The first kappa shape index (κ1) is 13.1. The Balaban J connectivity index is 2.14. The van der Waals surface area contributed by atoms with Gasteiger partial charge in [-0.25, -0.2) is 4.79 Å². The zero-order chi connectivity index (χ0) is 15.0. The molecule has 3 rings (SSSR count). The molecule has 1 aliphatic rings. The van der Waals surface area contributed by atoms with Crippen LogP contribution in [-0.4, -0.2) is 23.3 Å². The van der Waals surface area contributed by atoms with Crippen molar-refractivity contribution < 1.29 is 24.5 Å². The van der Waals surface area contributed by atoms with Crippen LogP contribution in [0.1, 0.15) is 11.1 Å². The SMILES string of the molecule is COc1cc(O)cc2c1/C(=C/c1ccc(O)cc1)C(=O)O2. The third-order valence-corrected chi connectivity index (χ3v) is 3.17. The average molecular weight is 284 g/mol. The highest BCUT2D eigenvalue weighted by Crippen LogP contribution is 2.44. The number of ether oxygens (including phenoxy) is 2. The van der Waals surface area contributed by atoms with Crippen LogP contribution in [0.15, 0.2) is 36.4 Å². The van der Waals surface area contributed by atoms with Gasteiger partial charge in [-0.1, -0.05) is 12.1 Å². The first-order valence-electron chi connectivity index (χ1n) is 6.23. The van der Waals surface area contributed by atoms with Crippen molar-refractivity contribution in [3.05, 3.63) is 47.5 Å². The fourth-order valence-corrected chi connectivity index (χ4v) is 2.21. The van der Waals surface area contributed by atoms with Crippen molar-refractivity contribution in [2.24, 2.45) is 0 Å². The molecule has 5 nitrogen and oxygen atoms in total. The first-order valence-corrected chi connectivity index (χ1v) is 6.23. The van der Waals surface area contributed by atoms with Gasteiger partial charge in [0.2, 0.25) is 0 Å². The maximum atomic E-state index is 12.0. The number of methoxy groups -OCH3 is 1. The molecule has 0 atom stereocenters. The molecule has 5 heteroatoms. The number of rotatable bonds is 2. The Labute approximate surface area is 120 Å². The number of benzene rings is 2. The fourth-order valence-electron chi connectivity index (χ4n) is 2.21. The third kappa shape index (κ3) is 2.29. The van der Waals surface area contributed by atoms with E-state index in [1.165, 1.54) is 31.4 Å². The number of esters is 1. The van der Waals surface area contributed by atoms with Crippen LogP contribution in [0.25, 0.3) is 11.6 Å². The lowest BCUT2D eigenvalue weighted by Crippen LogP contribution is -2.00. The van der Waals surface area contributed by atoms with Gasteiger partial charge < -0.3 is 19.7 Å². The van der Waals surface area contributed by atoms with Crippen molar-refractivity contribution in [1.29, 1.82) is 0 Å². The molecule has 0 bridgehead atoms. The van der Waals surface area contributed by atoms with Crippen LogP contribution in [0, 0.1) is 0 Å². The Morgan fingerprint density at radius 2 is 1.81 bits per heavy atom. The number of fused-ring (bicyclic) bond motifs is 1. The molecule has 0 aromatic heterocycles. The molecule has 0 radical (unpaired) electrons. The molecule has 2 aromatic rings. The van der Waals surface area contributed by atoms with Gasteiger partial charge in [0.15, 0.2) is 0 Å². The van der Waals surface area contributed by atoms with E-state index in [1.807, 2.05) is 0 Å². The highest BCUT2D eigenvalue weighted by molar-refractivity contribution is 6.26. The summed E-state index contributed by atoms with van der Waals surface area (Å²) in [5.41, 5.74) is 1.59. The van der Waals surface area contributed by atoms with Crippen LogP contribution in [0.5, 0.6) is 23.0 Å². The molecule has 21 heavy (non-hydrogen) atoms. The monoisotopic (exact) mass is 284 g/mol. The van der Waals surface area contributed by atoms with E-state index < -0.39 is 5.97 Å². The summed E-state index contributed by atoms with van der Waals surface area (Å²) in [6.45, 7) is 0. The normalized spacial score (nSPS) is 14.9. The Bertz CT molecular complexity index is 744. The third-order valence-electron chi connectivity index (χ3n) is 3.17. The molecular formula is C16H12O5. The Kier molecular flexibility index (Phi) is 3.02. The van der Waals surface area contributed by atoms with E-state index in [-0.39, 0.29) is 17.2 Å². The number of aromatic hydroxyl groups is 2. The number of carbonyl (C=O) groups is 1. The predicted octanol–water partition coefficient (Wildman–Crippen LogP) is 2.57. The number of carbonyl (C=O) groups excluding carboxylic acids is 1. The molecule has 0 fully saturated rings. The standard InChI is InChI=1S/C16H12O5/c1-20-13-7-11(18)8-14-15(13)12(16(19)21-14)6-9-2-4-10(17)5-3-9/h2-8,17-18H,1H3/b12-6-. The average Bonchev–Trinajstić information content (AvgIpc) is 2.76. The minimum Gasteiger partial charge on any atom is -0.508 e. The fraction of sp³-hybridized carbons (Fsp3) is 0.0625. The first-order chi connectivity index (χ1) is 10.1. The zero-order valence-electron chi connectivity index (χ0n) is 11.2. The summed E-state index contributed by atoms with van der Waals surface area (Å²) < 4.78 is 10.3. The van der Waals surface area contributed by atoms with E-state index in [0.29, 0.717) is 16.9 Å². The lowest BCUT2D eigenvalue weighted by molar-refractivity contribution is -0.126. The summed E-state index contributed by atoms with van der Waals surface area (Å²) in [4.78, 5) is 12.0. The van der Waals surface area contributed by atoms with Crippen molar-refractivity contribution in [3.63, 3.8) is 0 Å². The minimum absolute atomic E-state index is 0.0377. The van der Waals surface area contributed by atoms with Crippen LogP contribution in [0.3, 0.4) is 0 Å². The summed E-state index contributed by atoms with van der Waals surface area (Å²) in [6.07, 6.45) is 1.65. The van der Waals surface area contributed by atoms with Crippen LogP contribution in [0.4, 0.5) is 0 Å². The van der Waals surface area contributed by atoms with Crippen molar-refractivity contribution in [1.82, 2.24) is 0 Å². The van der Waals surface area contributed by atoms with Gasteiger partial charge in [-0.3, -0.25) is 0 Å². The van der Waals surface area contributed by atoms with Crippen molar-refractivity contribution in [3.8, 4) is 23.0 Å². The van der Waals surface area contributed by atoms with Crippen molar-refractivity contribution in [2.75, 3.05) is 7.11 Å². The number of hydrogen-bond acceptors (Lipinski definition) is 5. The second-order valence-electron chi connectivity index (χ2n) is 4.56. The molecule has 0 unspecified atom stereocenters. The highest BCUT2D eigenvalue weighted by atomic mass is 16.5. The zero-order valence-corrected chi connectivity index (χ0v) is 11.2. The van der Waals surface area contributed by atoms with E-state index in [1.54, 1.807) is 18.2 Å². The van der Waals surface area contributed by atoms with Gasteiger partial charge in [0.1, 0.15) is 23.0 Å². The molecule has 2 aromatic carbocycles. The van der Waals surface area contributed by atoms with Gasteiger partial charge in [0.25, 0.3) is 0 Å². The quantitative estimate of drug-likeness (QED) is 0.503. The smallest absolute Gasteiger partial charge is 0.344 e. The number of phenolic OH excluding ortho intramolecular Hbond substituents is 2. The molecule has 0 saturated heterocycles. The van der Waals surface area contributed by atoms with Gasteiger partial charge in [0, 0.05) is 12.1 Å². The van der Waals surface area contributed by atoms with E-state index >= 15 is 0 Å². The van der Waals surface area contributed by atoms with Gasteiger partial charge in [0.05, 0.1) is 18.2 Å². The molecule has 0 saturated carbocycles. The predicted molar refractivity (Wildman–Crippen MR) is 76.3 cm³/mol. The molecule has 2 N–H and O–H groups in total. The van der Waals surface area contributed by atoms with Crippen LogP contribution in [0.2, 0.25) is 0 Å². The Hall–Kier alpha value is -2.95. The largest absolute Gasteiger partial charge is 0.508 e. The molecule has 1 heterocycles. The van der Waals surface area contributed by atoms with Gasteiger partial charge in [-0.2, -0.15) is 0 Å². The maximum absolute atomic E-state index is 12.0. The molecule has 0 spiro atoms. The number of hydrogen-bond donors (Lipinski definition) is 2. The summed E-state index contributed by atoms with van der Waals surface area (Å²) in [6, 6.07) is 9.21. The molecule has 0 aliphatic carbocycles. The topological polar surface area (TPSA) is 76.0 Å². The van der Waals surface area contributed by atoms with E-state index in [9.17, 15) is 15.0 Å². The second-order valence-corrected chi connectivity index (χ2v) is 4.56. The van der Waals surface area contributed by atoms with Crippen molar-refractivity contribution in [2.45, 2.75) is 0 Å². The summed E-state index contributed by atoms with van der Waals surface area (Å²) in [5.74, 6) is 0.225. The lowest BCUT2D eigenvalue weighted by atomic mass is 10.0. The van der Waals surface area contributed by atoms with E-state index in [0.717, 1.165) is 5.56 Å².